The second kappa shape index (κ2) is 3.69. The summed E-state index contributed by atoms with van der Waals surface area (Å²) in [6.07, 6.45) is -4.82. The van der Waals surface area contributed by atoms with Crippen LogP contribution in [0.5, 0.6) is 0 Å². The molecule has 7 heteroatoms. The lowest BCUT2D eigenvalue weighted by molar-refractivity contribution is -0.265. The number of carboxylic acids is 1. The molecule has 14 heavy (non-hydrogen) atoms. The lowest BCUT2D eigenvalue weighted by Gasteiger charge is -2.31. The van der Waals surface area contributed by atoms with Gasteiger partial charge in [0.05, 0.1) is 0 Å². The van der Waals surface area contributed by atoms with E-state index in [0.717, 1.165) is 0 Å². The monoisotopic (exact) mass is 213 g/mol. The molecule has 0 aromatic heterocycles. The number of aliphatic carboxylic acids is 1. The first-order valence-corrected chi connectivity index (χ1v) is 3.24. The molecule has 0 aliphatic rings. The van der Waals surface area contributed by atoms with Crippen molar-refractivity contribution in [3.63, 3.8) is 0 Å². The van der Waals surface area contributed by atoms with Crippen LogP contribution in [-0.2, 0) is 4.79 Å². The van der Waals surface area contributed by atoms with Gasteiger partial charge in [-0.05, 0) is 0 Å². The number of nitrogens with zero attached hydrogens (tertiary/aromatic N) is 1. The molecule has 1 atom stereocenters. The summed E-state index contributed by atoms with van der Waals surface area (Å²) in [7, 11) is 0. The molecule has 0 heterocycles. The third kappa shape index (κ3) is 1.70. The maximum atomic E-state index is 13.1. The van der Waals surface area contributed by atoms with Crippen molar-refractivity contribution in [3.8, 4) is 0 Å². The van der Waals surface area contributed by atoms with Crippen molar-refractivity contribution >= 4 is 5.97 Å². The van der Waals surface area contributed by atoms with Crippen molar-refractivity contribution < 1.29 is 27.5 Å². The third-order valence-electron chi connectivity index (χ3n) is 1.41. The van der Waals surface area contributed by atoms with Crippen LogP contribution in [0.15, 0.2) is 25.6 Å². The maximum Gasteiger partial charge on any atom is 0.454 e. The summed E-state index contributed by atoms with van der Waals surface area (Å²) >= 11 is 0. The van der Waals surface area contributed by atoms with Crippen LogP contribution in [0.3, 0.4) is 0 Å². The van der Waals surface area contributed by atoms with E-state index < -0.39 is 17.9 Å². The van der Waals surface area contributed by atoms with Gasteiger partial charge in [-0.15, -0.1) is 0 Å². The quantitative estimate of drug-likeness (QED) is 0.572. The molecule has 0 aliphatic carbocycles. The van der Waals surface area contributed by atoms with E-state index in [1.54, 1.807) is 0 Å². The zero-order valence-electron chi connectivity index (χ0n) is 6.88. The molecule has 0 saturated carbocycles. The fraction of sp³-hybridized carbons (Fsp3) is 0.286. The van der Waals surface area contributed by atoms with Crippen molar-refractivity contribution in [2.75, 3.05) is 0 Å². The average Bonchev–Trinajstić information content (AvgIpc) is 2.03. The van der Waals surface area contributed by atoms with E-state index in [2.05, 4.69) is 13.2 Å². The number of hydrogen-bond donors (Lipinski definition) is 1. The summed E-state index contributed by atoms with van der Waals surface area (Å²) in [6, 6.07) is 0. The van der Waals surface area contributed by atoms with Gasteiger partial charge in [-0.2, -0.15) is 17.6 Å². The molecule has 0 radical (unpaired) electrons. The third-order valence-corrected chi connectivity index (χ3v) is 1.41. The van der Waals surface area contributed by atoms with Gasteiger partial charge in [0.1, 0.15) is 0 Å². The number of hydrogen-bond acceptors (Lipinski definition) is 2. The molecule has 1 N–H and O–H groups in total. The minimum absolute atomic E-state index is 0.269. The summed E-state index contributed by atoms with van der Waals surface area (Å²) in [5.41, 5.74) is 0. The maximum absolute atomic E-state index is 13.1. The van der Waals surface area contributed by atoms with E-state index in [-0.39, 0.29) is 4.90 Å². The normalized spacial score (nSPS) is 15.4. The Morgan fingerprint density at radius 3 is 1.64 bits per heavy atom. The molecular weight excluding hydrogens is 206 g/mol. The lowest BCUT2D eigenvalue weighted by atomic mass is 10.2. The highest BCUT2D eigenvalue weighted by atomic mass is 19.4. The molecule has 0 amide bonds. The second-order valence-corrected chi connectivity index (χ2v) is 2.20. The van der Waals surface area contributed by atoms with Crippen molar-refractivity contribution in [1.29, 1.82) is 0 Å². The molecule has 0 spiro atoms. The molecule has 0 bridgehead atoms. The van der Waals surface area contributed by atoms with Crippen LogP contribution in [-0.4, -0.2) is 27.9 Å². The molecule has 0 fully saturated rings. The van der Waals surface area contributed by atoms with Gasteiger partial charge in [0.25, 0.3) is 0 Å². The Balaban J connectivity index is 5.40. The largest absolute Gasteiger partial charge is 0.477 e. The Hall–Kier alpha value is -1.53. The van der Waals surface area contributed by atoms with Gasteiger partial charge in [0.2, 0.25) is 0 Å². The summed E-state index contributed by atoms with van der Waals surface area (Å²) in [5.74, 6) is -7.21. The van der Waals surface area contributed by atoms with Crippen LogP contribution in [0, 0.1) is 0 Å². The van der Waals surface area contributed by atoms with Crippen molar-refractivity contribution in [1.82, 2.24) is 4.90 Å². The van der Waals surface area contributed by atoms with Crippen molar-refractivity contribution in [2.45, 2.75) is 12.0 Å². The molecule has 3 nitrogen and oxygen atoms in total. The van der Waals surface area contributed by atoms with E-state index in [1.807, 2.05) is 0 Å². The zero-order valence-corrected chi connectivity index (χ0v) is 6.88. The van der Waals surface area contributed by atoms with Crippen LogP contribution >= 0.6 is 0 Å². The van der Waals surface area contributed by atoms with Gasteiger partial charge in [-0.25, -0.2) is 4.79 Å². The van der Waals surface area contributed by atoms with Gasteiger partial charge in [0, 0.05) is 12.4 Å². The topological polar surface area (TPSA) is 40.5 Å². The highest BCUT2D eigenvalue weighted by molar-refractivity contribution is 5.78. The van der Waals surface area contributed by atoms with Gasteiger partial charge < -0.3 is 10.0 Å². The van der Waals surface area contributed by atoms with E-state index in [0.29, 0.717) is 12.4 Å². The minimum atomic E-state index is -5.58. The van der Waals surface area contributed by atoms with Crippen LogP contribution in [0.4, 0.5) is 17.6 Å². The minimum Gasteiger partial charge on any atom is -0.477 e. The van der Waals surface area contributed by atoms with Crippen LogP contribution in [0.1, 0.15) is 0 Å². The van der Waals surface area contributed by atoms with Crippen LogP contribution in [0.25, 0.3) is 0 Å². The Morgan fingerprint density at radius 1 is 1.21 bits per heavy atom. The zero-order chi connectivity index (χ0) is 11.6. The Kier molecular flexibility index (Phi) is 3.28. The molecule has 80 valence electrons. The van der Waals surface area contributed by atoms with Gasteiger partial charge in [-0.1, -0.05) is 13.2 Å². The molecule has 0 aliphatic heterocycles. The first-order valence-electron chi connectivity index (χ1n) is 3.24. The average molecular weight is 213 g/mol. The number of carbonyl (C=O) groups is 1. The van der Waals surface area contributed by atoms with E-state index in [4.69, 9.17) is 5.11 Å². The van der Waals surface area contributed by atoms with Crippen LogP contribution in [0.2, 0.25) is 0 Å². The van der Waals surface area contributed by atoms with Crippen LogP contribution < -0.4 is 0 Å². The van der Waals surface area contributed by atoms with E-state index in [9.17, 15) is 22.4 Å². The number of halogens is 4. The number of alkyl halides is 4. The first-order chi connectivity index (χ1) is 6.21. The second-order valence-electron chi connectivity index (χ2n) is 2.20. The Bertz CT molecular complexity index is 255. The van der Waals surface area contributed by atoms with E-state index in [1.165, 1.54) is 0 Å². The fourth-order valence-electron chi connectivity index (χ4n) is 0.704. The number of rotatable bonds is 4. The molecule has 0 unspecified atom stereocenters. The lowest BCUT2D eigenvalue weighted by Crippen LogP contribution is -2.57. The smallest absolute Gasteiger partial charge is 0.454 e. The molecule has 0 aromatic rings. The summed E-state index contributed by atoms with van der Waals surface area (Å²) in [5, 5.41) is 8.17. The molecule has 0 rings (SSSR count). The highest BCUT2D eigenvalue weighted by Crippen LogP contribution is 2.37. The highest BCUT2D eigenvalue weighted by Gasteiger charge is 2.65. The van der Waals surface area contributed by atoms with E-state index >= 15 is 0 Å². The molecule has 0 aromatic carbocycles. The van der Waals surface area contributed by atoms with Gasteiger partial charge in [-0.3, -0.25) is 0 Å². The van der Waals surface area contributed by atoms with Gasteiger partial charge >= 0.3 is 17.9 Å². The Morgan fingerprint density at radius 2 is 1.57 bits per heavy atom. The van der Waals surface area contributed by atoms with Crippen molar-refractivity contribution in [3.05, 3.63) is 25.6 Å². The molecular formula is C7H7F4NO2. The Labute approximate surface area is 76.9 Å². The summed E-state index contributed by atoms with van der Waals surface area (Å²) in [4.78, 5) is 9.93. The predicted octanol–water partition coefficient (Wildman–Crippen LogP) is 1.89. The summed E-state index contributed by atoms with van der Waals surface area (Å²) < 4.78 is 49.4. The summed E-state index contributed by atoms with van der Waals surface area (Å²) in [6.45, 7) is 5.69. The predicted molar refractivity (Wildman–Crippen MR) is 39.8 cm³/mol. The first kappa shape index (κ1) is 12.5. The van der Waals surface area contributed by atoms with Crippen molar-refractivity contribution in [2.24, 2.45) is 0 Å². The molecule has 0 saturated heterocycles. The fourth-order valence-corrected chi connectivity index (χ4v) is 0.704. The number of carboxylic acid groups (broad SMARTS) is 1. The SMILES string of the molecule is C=CN(C=C)[C@](F)(C(=O)O)C(F)(F)F. The standard InChI is InChI=1S/C7H7F4NO2/c1-3-12(4-2)6(8,5(13)14)7(9,10)11/h3-4H,1-2H2,(H,13,14)/t6-/m1/s1. The van der Waals surface area contributed by atoms with Gasteiger partial charge in [0.15, 0.2) is 0 Å².